The van der Waals surface area contributed by atoms with Crippen LogP contribution in [0.4, 0.5) is 0 Å². The molecule has 2 heterocycles. The second-order valence-corrected chi connectivity index (χ2v) is 6.46. The minimum Gasteiger partial charge on any atom is -0.497 e. The van der Waals surface area contributed by atoms with E-state index in [1.165, 1.54) is 0 Å². The summed E-state index contributed by atoms with van der Waals surface area (Å²) in [5.41, 5.74) is 5.79. The maximum Gasteiger partial charge on any atom is 0.120 e. The fourth-order valence-electron chi connectivity index (χ4n) is 3.44. The van der Waals surface area contributed by atoms with Crippen LogP contribution in [0.25, 0.3) is 33.4 Å². The topological polar surface area (TPSA) is 54.1 Å². The van der Waals surface area contributed by atoms with Crippen LogP contribution >= 0.6 is 0 Å². The number of nitrogens with zero attached hydrogens (tertiary/aromatic N) is 4. The first-order valence-electron chi connectivity index (χ1n) is 8.90. The van der Waals surface area contributed by atoms with E-state index in [0.29, 0.717) is 0 Å². The van der Waals surface area contributed by atoms with E-state index >= 15 is 0 Å². The Kier molecular flexibility index (Phi) is 3.76. The van der Waals surface area contributed by atoms with E-state index in [1.807, 2.05) is 67.3 Å². The Morgan fingerprint density at radius 1 is 0.643 bits per heavy atom. The molecule has 0 fully saturated rings. The Balaban J connectivity index is 1.71. The van der Waals surface area contributed by atoms with Crippen molar-refractivity contribution in [1.29, 1.82) is 0 Å². The predicted molar refractivity (Wildman–Crippen MR) is 109 cm³/mol. The van der Waals surface area contributed by atoms with Crippen molar-refractivity contribution in [3.63, 3.8) is 0 Å². The zero-order valence-electron chi connectivity index (χ0n) is 15.5. The first-order valence-corrected chi connectivity index (χ1v) is 8.90. The van der Waals surface area contributed by atoms with E-state index in [2.05, 4.69) is 25.2 Å². The van der Waals surface area contributed by atoms with E-state index < -0.39 is 0 Å². The van der Waals surface area contributed by atoms with Gasteiger partial charge in [-0.3, -0.25) is 9.13 Å². The SMILES string of the molecule is COc1cccc(-n2cnc3cc4ncn(-c5cccc(OC)c5)c4cc32)c1. The maximum atomic E-state index is 5.36. The highest BCUT2D eigenvalue weighted by atomic mass is 16.5. The zero-order chi connectivity index (χ0) is 19.1. The van der Waals surface area contributed by atoms with Crippen molar-refractivity contribution in [2.45, 2.75) is 0 Å². The third kappa shape index (κ3) is 2.58. The number of aromatic nitrogens is 4. The molecule has 28 heavy (non-hydrogen) atoms. The fraction of sp³-hybridized carbons (Fsp3) is 0.0909. The van der Waals surface area contributed by atoms with Crippen molar-refractivity contribution in [2.75, 3.05) is 14.2 Å². The molecule has 2 aromatic heterocycles. The second-order valence-electron chi connectivity index (χ2n) is 6.46. The lowest BCUT2D eigenvalue weighted by Crippen LogP contribution is -1.95. The molecule has 138 valence electrons. The van der Waals surface area contributed by atoms with E-state index in [0.717, 1.165) is 44.9 Å². The molecule has 0 saturated carbocycles. The molecule has 0 saturated heterocycles. The molecule has 0 atom stereocenters. The largest absolute Gasteiger partial charge is 0.497 e. The third-order valence-electron chi connectivity index (χ3n) is 4.88. The normalized spacial score (nSPS) is 11.2. The molecule has 5 aromatic rings. The number of benzene rings is 3. The smallest absolute Gasteiger partial charge is 0.120 e. The number of fused-ring (bicyclic) bond motifs is 2. The van der Waals surface area contributed by atoms with Crippen LogP contribution in [0.1, 0.15) is 0 Å². The van der Waals surface area contributed by atoms with Crippen LogP contribution in [0.2, 0.25) is 0 Å². The first-order chi connectivity index (χ1) is 13.8. The van der Waals surface area contributed by atoms with Crippen LogP contribution < -0.4 is 9.47 Å². The van der Waals surface area contributed by atoms with Crippen molar-refractivity contribution >= 4 is 22.1 Å². The van der Waals surface area contributed by atoms with Gasteiger partial charge < -0.3 is 9.47 Å². The molecule has 0 N–H and O–H groups in total. The number of hydrogen-bond donors (Lipinski definition) is 0. The van der Waals surface area contributed by atoms with Gasteiger partial charge in [-0.25, -0.2) is 9.97 Å². The lowest BCUT2D eigenvalue weighted by atomic mass is 10.2. The number of rotatable bonds is 4. The van der Waals surface area contributed by atoms with Crippen LogP contribution in [0.3, 0.4) is 0 Å². The van der Waals surface area contributed by atoms with Crippen LogP contribution in [-0.4, -0.2) is 33.3 Å². The molecule has 0 amide bonds. The monoisotopic (exact) mass is 370 g/mol. The van der Waals surface area contributed by atoms with E-state index in [9.17, 15) is 0 Å². The van der Waals surface area contributed by atoms with Crippen molar-refractivity contribution in [3.05, 3.63) is 73.3 Å². The van der Waals surface area contributed by atoms with Crippen molar-refractivity contribution in [2.24, 2.45) is 0 Å². The van der Waals surface area contributed by atoms with E-state index in [-0.39, 0.29) is 0 Å². The Morgan fingerprint density at radius 2 is 1.14 bits per heavy atom. The molecule has 0 radical (unpaired) electrons. The lowest BCUT2D eigenvalue weighted by molar-refractivity contribution is 0.414. The summed E-state index contributed by atoms with van der Waals surface area (Å²) in [6.45, 7) is 0. The average molecular weight is 370 g/mol. The Morgan fingerprint density at radius 3 is 1.61 bits per heavy atom. The summed E-state index contributed by atoms with van der Waals surface area (Å²) in [6.07, 6.45) is 3.66. The van der Waals surface area contributed by atoms with Crippen LogP contribution in [0.5, 0.6) is 11.5 Å². The summed E-state index contributed by atoms with van der Waals surface area (Å²) in [7, 11) is 3.34. The van der Waals surface area contributed by atoms with Crippen molar-refractivity contribution in [1.82, 2.24) is 19.1 Å². The van der Waals surface area contributed by atoms with Crippen LogP contribution in [-0.2, 0) is 0 Å². The maximum absolute atomic E-state index is 5.36. The van der Waals surface area contributed by atoms with Gasteiger partial charge in [0.05, 0.1) is 47.7 Å². The predicted octanol–water partition coefficient (Wildman–Crippen LogP) is 4.38. The molecule has 0 aliphatic carbocycles. The highest BCUT2D eigenvalue weighted by Crippen LogP contribution is 2.27. The van der Waals surface area contributed by atoms with Crippen LogP contribution in [0.15, 0.2) is 73.3 Å². The number of hydrogen-bond acceptors (Lipinski definition) is 4. The van der Waals surface area contributed by atoms with Gasteiger partial charge in [-0.2, -0.15) is 0 Å². The highest BCUT2D eigenvalue weighted by molar-refractivity contribution is 5.93. The minimum atomic E-state index is 0.807. The van der Waals surface area contributed by atoms with Gasteiger partial charge in [0.15, 0.2) is 0 Å². The summed E-state index contributed by atoms with van der Waals surface area (Å²) < 4.78 is 14.8. The quantitative estimate of drug-likeness (QED) is 0.471. The second kappa shape index (κ2) is 6.42. The van der Waals surface area contributed by atoms with Gasteiger partial charge in [-0.15, -0.1) is 0 Å². The molecule has 6 nitrogen and oxygen atoms in total. The zero-order valence-corrected chi connectivity index (χ0v) is 15.5. The van der Waals surface area contributed by atoms with Crippen molar-refractivity contribution < 1.29 is 9.47 Å². The minimum absolute atomic E-state index is 0.807. The molecule has 5 rings (SSSR count). The van der Waals surface area contributed by atoms with Gasteiger partial charge in [0.2, 0.25) is 0 Å². The van der Waals surface area contributed by atoms with Gasteiger partial charge >= 0.3 is 0 Å². The van der Waals surface area contributed by atoms with Crippen molar-refractivity contribution in [3.8, 4) is 22.9 Å². The molecule has 0 aliphatic heterocycles. The van der Waals surface area contributed by atoms with Gasteiger partial charge in [0, 0.05) is 12.1 Å². The molecular weight excluding hydrogens is 352 g/mol. The average Bonchev–Trinajstić information content (AvgIpc) is 3.35. The Bertz CT molecular complexity index is 1210. The van der Waals surface area contributed by atoms with E-state index in [1.54, 1.807) is 14.2 Å². The highest BCUT2D eigenvalue weighted by Gasteiger charge is 2.12. The Labute approximate surface area is 161 Å². The van der Waals surface area contributed by atoms with Crippen LogP contribution in [0, 0.1) is 0 Å². The molecular formula is C22H18N4O2. The molecule has 3 aromatic carbocycles. The Hall–Kier alpha value is -3.80. The molecule has 6 heteroatoms. The standard InChI is InChI=1S/C22H18N4O2/c1-27-17-7-3-5-15(9-17)25-13-23-19-11-20-22(12-21(19)25)26(14-24-20)16-6-4-8-18(10-16)28-2/h3-14H,1-2H3. The molecule has 0 spiro atoms. The summed E-state index contributed by atoms with van der Waals surface area (Å²) in [5, 5.41) is 0. The van der Waals surface area contributed by atoms with Gasteiger partial charge in [0.1, 0.15) is 24.2 Å². The van der Waals surface area contributed by atoms with Gasteiger partial charge in [-0.05, 0) is 36.4 Å². The summed E-state index contributed by atoms with van der Waals surface area (Å²) in [6, 6.07) is 20.0. The van der Waals surface area contributed by atoms with Gasteiger partial charge in [0.25, 0.3) is 0 Å². The third-order valence-corrected chi connectivity index (χ3v) is 4.88. The first kappa shape index (κ1) is 16.4. The molecule has 0 aliphatic rings. The van der Waals surface area contributed by atoms with E-state index in [4.69, 9.17) is 9.47 Å². The molecule has 0 unspecified atom stereocenters. The number of imidazole rings is 2. The number of ether oxygens (including phenoxy) is 2. The fourth-order valence-corrected chi connectivity index (χ4v) is 3.44. The summed E-state index contributed by atoms with van der Waals surface area (Å²) in [5.74, 6) is 1.61. The lowest BCUT2D eigenvalue weighted by Gasteiger charge is -2.08. The number of methoxy groups -OCH3 is 2. The molecule has 0 bridgehead atoms. The van der Waals surface area contributed by atoms with Gasteiger partial charge in [-0.1, -0.05) is 12.1 Å². The summed E-state index contributed by atoms with van der Waals surface area (Å²) in [4.78, 5) is 9.13. The summed E-state index contributed by atoms with van der Waals surface area (Å²) >= 11 is 0.